The zero-order valence-electron chi connectivity index (χ0n) is 10.3. The van der Waals surface area contributed by atoms with Crippen molar-refractivity contribution in [3.8, 4) is 12.3 Å². The van der Waals surface area contributed by atoms with Gasteiger partial charge in [-0.2, -0.15) is 0 Å². The van der Waals surface area contributed by atoms with Crippen LogP contribution in [0.25, 0.3) is 17.1 Å². The minimum absolute atomic E-state index is 0.323. The first-order chi connectivity index (χ1) is 9.69. The summed E-state index contributed by atoms with van der Waals surface area (Å²) in [5, 5.41) is 1.84. The minimum Gasteiger partial charge on any atom is -0.313 e. The number of amides is 2. The molecule has 0 spiro atoms. The van der Waals surface area contributed by atoms with E-state index in [9.17, 15) is 9.59 Å². The van der Waals surface area contributed by atoms with Crippen LogP contribution >= 0.6 is 11.8 Å². The van der Waals surface area contributed by atoms with Crippen LogP contribution in [0.5, 0.6) is 0 Å². The molecule has 3 rings (SSSR count). The van der Waals surface area contributed by atoms with Crippen LogP contribution in [0.15, 0.2) is 29.2 Å². The van der Waals surface area contributed by atoms with Gasteiger partial charge in [0.15, 0.2) is 0 Å². The first-order valence-electron chi connectivity index (χ1n) is 5.82. The number of imidazole rings is 1. The summed E-state index contributed by atoms with van der Waals surface area (Å²) < 4.78 is 1.83. The van der Waals surface area contributed by atoms with E-state index < -0.39 is 5.91 Å². The summed E-state index contributed by atoms with van der Waals surface area (Å²) in [4.78, 5) is 27.5. The number of benzene rings is 1. The molecule has 1 aliphatic heterocycles. The second kappa shape index (κ2) is 4.87. The van der Waals surface area contributed by atoms with Crippen molar-refractivity contribution >= 4 is 40.0 Å². The molecular formula is C14H9N3O2S. The average Bonchev–Trinajstić information content (AvgIpc) is 2.92. The molecule has 2 amide bonds. The number of nitrogens with one attached hydrogen (secondary N) is 1. The molecule has 1 aromatic carbocycles. The fourth-order valence-corrected chi connectivity index (χ4v) is 2.65. The molecule has 20 heavy (non-hydrogen) atoms. The maximum atomic E-state index is 11.6. The highest BCUT2D eigenvalue weighted by atomic mass is 32.2. The number of hydrogen-bond donors (Lipinski definition) is 1. The molecule has 0 unspecified atom stereocenters. The van der Waals surface area contributed by atoms with Gasteiger partial charge in [-0.1, -0.05) is 18.1 Å². The maximum Gasteiger partial charge on any atom is 0.290 e. The number of aromatic nitrogens is 2. The van der Waals surface area contributed by atoms with Crippen LogP contribution in [0, 0.1) is 12.3 Å². The number of thioether (sulfide) groups is 1. The Balaban J connectivity index is 2.14. The van der Waals surface area contributed by atoms with Crippen LogP contribution in [0.4, 0.5) is 4.79 Å². The summed E-state index contributed by atoms with van der Waals surface area (Å²) in [6.45, 7) is 0.347. The molecule has 1 aliphatic rings. The first kappa shape index (κ1) is 12.5. The van der Waals surface area contributed by atoms with Crippen molar-refractivity contribution in [3.05, 3.63) is 35.0 Å². The van der Waals surface area contributed by atoms with Crippen LogP contribution in [0.1, 0.15) is 5.82 Å². The third-order valence-corrected chi connectivity index (χ3v) is 3.65. The van der Waals surface area contributed by atoms with Gasteiger partial charge >= 0.3 is 0 Å². The Morgan fingerprint density at radius 3 is 2.90 bits per heavy atom. The van der Waals surface area contributed by atoms with E-state index in [1.54, 1.807) is 6.08 Å². The Hall–Kier alpha value is -2.52. The highest BCUT2D eigenvalue weighted by molar-refractivity contribution is 8.18. The molecule has 6 heteroatoms. The Labute approximate surface area is 119 Å². The molecule has 98 valence electrons. The second-order valence-corrected chi connectivity index (χ2v) is 5.12. The maximum absolute atomic E-state index is 11.6. The predicted octanol–water partition coefficient (Wildman–Crippen LogP) is 1.99. The van der Waals surface area contributed by atoms with Crippen molar-refractivity contribution in [2.45, 2.75) is 6.54 Å². The molecule has 0 saturated carbocycles. The van der Waals surface area contributed by atoms with Crippen molar-refractivity contribution in [2.24, 2.45) is 0 Å². The molecule has 2 aromatic rings. The monoisotopic (exact) mass is 283 g/mol. The van der Waals surface area contributed by atoms with E-state index in [4.69, 9.17) is 6.42 Å². The molecule has 1 aromatic heterocycles. The number of hydrogen-bond acceptors (Lipinski definition) is 4. The van der Waals surface area contributed by atoms with Gasteiger partial charge in [-0.3, -0.25) is 14.9 Å². The zero-order valence-corrected chi connectivity index (χ0v) is 11.1. The summed E-state index contributed by atoms with van der Waals surface area (Å²) in [6.07, 6.45) is 6.96. The van der Waals surface area contributed by atoms with E-state index in [2.05, 4.69) is 16.2 Å². The summed E-state index contributed by atoms with van der Waals surface area (Å²) in [5.41, 5.74) is 1.69. The first-order valence-corrected chi connectivity index (χ1v) is 6.64. The Morgan fingerprint density at radius 1 is 1.40 bits per heavy atom. The molecular weight excluding hydrogens is 274 g/mol. The quantitative estimate of drug-likeness (QED) is 0.676. The van der Waals surface area contributed by atoms with E-state index in [1.807, 2.05) is 28.8 Å². The highest BCUT2D eigenvalue weighted by Gasteiger charge is 2.25. The van der Waals surface area contributed by atoms with Crippen molar-refractivity contribution < 1.29 is 9.59 Å². The Bertz CT molecular complexity index is 798. The van der Waals surface area contributed by atoms with Crippen LogP contribution in [-0.4, -0.2) is 20.7 Å². The molecule has 0 atom stereocenters. The fraction of sp³-hybridized carbons (Fsp3) is 0.0714. The van der Waals surface area contributed by atoms with Gasteiger partial charge in [-0.25, -0.2) is 4.98 Å². The molecule has 0 aliphatic carbocycles. The number of carbonyl (C=O) groups excluding carboxylic acids is 2. The lowest BCUT2D eigenvalue weighted by molar-refractivity contribution is -0.115. The number of imide groups is 1. The van der Waals surface area contributed by atoms with Crippen molar-refractivity contribution in [1.29, 1.82) is 0 Å². The van der Waals surface area contributed by atoms with Gasteiger partial charge in [-0.05, 0) is 23.9 Å². The molecule has 0 radical (unpaired) electrons. The number of rotatable bonds is 2. The molecule has 2 heterocycles. The standard InChI is InChI=1S/C14H9N3O2S/c1-2-7-17-10-6-4-3-5-9(10)15-12(17)8-11-13(18)16-14(19)20-11/h1,3-6,8H,7H2,(H,16,18,19). The van der Waals surface area contributed by atoms with Gasteiger partial charge in [0.05, 0.1) is 22.5 Å². The molecule has 0 bridgehead atoms. The van der Waals surface area contributed by atoms with E-state index in [-0.39, 0.29) is 5.24 Å². The second-order valence-electron chi connectivity index (χ2n) is 4.10. The Kier molecular flexibility index (Phi) is 3.05. The third kappa shape index (κ3) is 2.08. The Morgan fingerprint density at radius 2 is 2.20 bits per heavy atom. The van der Waals surface area contributed by atoms with Gasteiger partial charge in [-0.15, -0.1) is 6.42 Å². The zero-order chi connectivity index (χ0) is 14.1. The number of para-hydroxylation sites is 2. The molecule has 5 nitrogen and oxygen atoms in total. The minimum atomic E-state index is -0.403. The number of nitrogens with zero attached hydrogens (tertiary/aromatic N) is 2. The van der Waals surface area contributed by atoms with E-state index in [0.717, 1.165) is 22.8 Å². The van der Waals surface area contributed by atoms with Crippen molar-refractivity contribution in [1.82, 2.24) is 14.9 Å². The SMILES string of the molecule is C#CCn1c(C=C2SC(=O)NC2=O)nc2ccccc21. The average molecular weight is 283 g/mol. The summed E-state index contributed by atoms with van der Waals surface area (Å²) in [5.74, 6) is 2.73. The van der Waals surface area contributed by atoms with Crippen molar-refractivity contribution in [2.75, 3.05) is 0 Å². The predicted molar refractivity (Wildman–Crippen MR) is 77.7 cm³/mol. The normalized spacial score (nSPS) is 16.6. The largest absolute Gasteiger partial charge is 0.313 e. The van der Waals surface area contributed by atoms with Crippen LogP contribution < -0.4 is 5.32 Å². The van der Waals surface area contributed by atoms with E-state index in [0.29, 0.717) is 17.3 Å². The lowest BCUT2D eigenvalue weighted by Crippen LogP contribution is -2.17. The third-order valence-electron chi connectivity index (χ3n) is 2.84. The van der Waals surface area contributed by atoms with Crippen LogP contribution in [0.2, 0.25) is 0 Å². The van der Waals surface area contributed by atoms with Crippen LogP contribution in [-0.2, 0) is 11.3 Å². The summed E-state index contributed by atoms with van der Waals surface area (Å²) in [7, 11) is 0. The highest BCUT2D eigenvalue weighted by Crippen LogP contribution is 2.26. The summed E-state index contributed by atoms with van der Waals surface area (Å²) in [6, 6.07) is 7.56. The van der Waals surface area contributed by atoms with E-state index >= 15 is 0 Å². The summed E-state index contributed by atoms with van der Waals surface area (Å²) >= 11 is 0.862. The lowest BCUT2D eigenvalue weighted by Gasteiger charge is -2.01. The van der Waals surface area contributed by atoms with Crippen molar-refractivity contribution in [3.63, 3.8) is 0 Å². The smallest absolute Gasteiger partial charge is 0.290 e. The molecule has 1 saturated heterocycles. The lowest BCUT2D eigenvalue weighted by atomic mass is 10.3. The van der Waals surface area contributed by atoms with Gasteiger partial charge < -0.3 is 4.57 Å². The van der Waals surface area contributed by atoms with Crippen LogP contribution in [0.3, 0.4) is 0 Å². The van der Waals surface area contributed by atoms with Gasteiger partial charge in [0.2, 0.25) is 0 Å². The topological polar surface area (TPSA) is 64.0 Å². The van der Waals surface area contributed by atoms with Gasteiger partial charge in [0.1, 0.15) is 5.82 Å². The molecule has 1 fully saturated rings. The van der Waals surface area contributed by atoms with E-state index in [1.165, 1.54) is 0 Å². The number of carbonyl (C=O) groups is 2. The fourth-order valence-electron chi connectivity index (χ4n) is 2.00. The van der Waals surface area contributed by atoms with Gasteiger partial charge in [0, 0.05) is 6.08 Å². The number of terminal acetylenes is 1. The molecule has 1 N–H and O–H groups in total. The number of fused-ring (bicyclic) bond motifs is 1. The van der Waals surface area contributed by atoms with Gasteiger partial charge in [0.25, 0.3) is 11.1 Å².